The number of nitrogens with zero attached hydrogens (tertiary/aromatic N) is 1. The van der Waals surface area contributed by atoms with E-state index < -0.39 is 0 Å². The first-order chi connectivity index (χ1) is 9.83. The Hall–Kier alpha value is -1.35. The van der Waals surface area contributed by atoms with Crippen LogP contribution in [0.15, 0.2) is 30.3 Å². The molecule has 0 radical (unpaired) electrons. The number of carbonyl (C=O) groups excluding carboxylic acids is 1. The van der Waals surface area contributed by atoms with Crippen molar-refractivity contribution in [3.05, 3.63) is 35.9 Å². The van der Waals surface area contributed by atoms with Crippen LogP contribution in [-0.4, -0.2) is 36.5 Å². The lowest BCUT2D eigenvalue weighted by atomic mass is 9.85. The molecule has 1 aliphatic heterocycles. The van der Waals surface area contributed by atoms with Gasteiger partial charge in [-0.15, -0.1) is 0 Å². The van der Waals surface area contributed by atoms with Gasteiger partial charge in [0.15, 0.2) is 0 Å². The molecule has 1 amide bonds. The maximum Gasteiger partial charge on any atom is 0.253 e. The van der Waals surface area contributed by atoms with E-state index in [1.807, 2.05) is 35.2 Å². The third kappa shape index (κ3) is 3.21. The highest BCUT2D eigenvalue weighted by molar-refractivity contribution is 5.94. The Balaban J connectivity index is 1.53. The molecule has 2 fully saturated rings. The summed E-state index contributed by atoms with van der Waals surface area (Å²) in [5.74, 6) is 1.07. The summed E-state index contributed by atoms with van der Waals surface area (Å²) in [7, 11) is 0. The first-order valence-electron chi connectivity index (χ1n) is 7.90. The molecule has 1 heterocycles. The third-order valence-corrected chi connectivity index (χ3v) is 4.65. The van der Waals surface area contributed by atoms with Gasteiger partial charge in [-0.2, -0.15) is 0 Å². The molecule has 0 bridgehead atoms. The van der Waals surface area contributed by atoms with Crippen LogP contribution in [0.2, 0.25) is 0 Å². The number of piperidine rings is 1. The molecule has 1 saturated heterocycles. The summed E-state index contributed by atoms with van der Waals surface area (Å²) in [4.78, 5) is 14.5. The van der Waals surface area contributed by atoms with Crippen molar-refractivity contribution in [3.63, 3.8) is 0 Å². The largest absolute Gasteiger partial charge is 0.337 e. The normalized spacial score (nSPS) is 23.4. The van der Waals surface area contributed by atoms with Crippen molar-refractivity contribution in [1.82, 2.24) is 10.2 Å². The van der Waals surface area contributed by atoms with Crippen molar-refractivity contribution >= 4 is 5.91 Å². The lowest BCUT2D eigenvalue weighted by Crippen LogP contribution is -2.49. The predicted molar refractivity (Wildman–Crippen MR) is 80.7 cm³/mol. The zero-order chi connectivity index (χ0) is 13.8. The highest BCUT2D eigenvalue weighted by Crippen LogP contribution is 2.25. The number of amides is 1. The van der Waals surface area contributed by atoms with Crippen LogP contribution in [0.25, 0.3) is 0 Å². The minimum atomic E-state index is 0.181. The SMILES string of the molecule is O=C(c1ccccc1)N1CCCC(NCC2CCC2)C1. The van der Waals surface area contributed by atoms with Crippen LogP contribution < -0.4 is 5.32 Å². The molecule has 3 heteroatoms. The molecule has 3 nitrogen and oxygen atoms in total. The van der Waals surface area contributed by atoms with Crippen molar-refractivity contribution < 1.29 is 4.79 Å². The van der Waals surface area contributed by atoms with Gasteiger partial charge >= 0.3 is 0 Å². The fourth-order valence-corrected chi connectivity index (χ4v) is 3.12. The van der Waals surface area contributed by atoms with Gasteiger partial charge in [0.2, 0.25) is 0 Å². The second-order valence-electron chi connectivity index (χ2n) is 6.16. The minimum absolute atomic E-state index is 0.181. The Morgan fingerprint density at radius 3 is 2.65 bits per heavy atom. The highest BCUT2D eigenvalue weighted by Gasteiger charge is 2.25. The van der Waals surface area contributed by atoms with Crippen LogP contribution in [0.5, 0.6) is 0 Å². The van der Waals surface area contributed by atoms with E-state index in [2.05, 4.69) is 5.32 Å². The Bertz CT molecular complexity index is 442. The molecule has 1 unspecified atom stereocenters. The molecule has 2 aliphatic rings. The first-order valence-corrected chi connectivity index (χ1v) is 7.90. The van der Waals surface area contributed by atoms with Gasteiger partial charge in [-0.25, -0.2) is 0 Å². The molecule has 1 N–H and O–H groups in total. The van der Waals surface area contributed by atoms with Crippen molar-refractivity contribution in [2.24, 2.45) is 5.92 Å². The average Bonchev–Trinajstić information content (AvgIpc) is 2.46. The number of nitrogens with one attached hydrogen (secondary N) is 1. The van der Waals surface area contributed by atoms with Gasteiger partial charge in [0.05, 0.1) is 0 Å². The number of likely N-dealkylation sites (tertiary alicyclic amines) is 1. The summed E-state index contributed by atoms with van der Waals surface area (Å²) in [6.45, 7) is 2.90. The van der Waals surface area contributed by atoms with Crippen LogP contribution in [-0.2, 0) is 0 Å². The van der Waals surface area contributed by atoms with Gasteiger partial charge < -0.3 is 10.2 Å². The molecule has 0 aromatic heterocycles. The Morgan fingerprint density at radius 2 is 1.95 bits per heavy atom. The predicted octanol–water partition coefficient (Wildman–Crippen LogP) is 2.68. The standard InChI is InChI=1S/C17H24N2O/c20-17(15-8-2-1-3-9-15)19-11-5-10-16(13-19)18-12-14-6-4-7-14/h1-3,8-9,14,16,18H,4-7,10-13H2. The van der Waals surface area contributed by atoms with Crippen LogP contribution in [0.1, 0.15) is 42.5 Å². The van der Waals surface area contributed by atoms with Gasteiger partial charge in [0.1, 0.15) is 0 Å². The molecule has 1 saturated carbocycles. The molecule has 0 spiro atoms. The van der Waals surface area contributed by atoms with Crippen LogP contribution in [0, 0.1) is 5.92 Å². The van der Waals surface area contributed by atoms with Crippen molar-refractivity contribution in [1.29, 1.82) is 0 Å². The van der Waals surface area contributed by atoms with E-state index in [1.54, 1.807) is 0 Å². The van der Waals surface area contributed by atoms with Gasteiger partial charge in [0, 0.05) is 24.7 Å². The minimum Gasteiger partial charge on any atom is -0.337 e. The van der Waals surface area contributed by atoms with Crippen molar-refractivity contribution in [2.45, 2.75) is 38.1 Å². The van der Waals surface area contributed by atoms with E-state index in [0.29, 0.717) is 6.04 Å². The first kappa shape index (κ1) is 13.6. The summed E-state index contributed by atoms with van der Waals surface area (Å²) in [6.07, 6.45) is 6.47. The van der Waals surface area contributed by atoms with Gasteiger partial charge in [-0.1, -0.05) is 24.6 Å². The average molecular weight is 272 g/mol. The Morgan fingerprint density at radius 1 is 1.15 bits per heavy atom. The lowest BCUT2D eigenvalue weighted by Gasteiger charge is -2.35. The maximum atomic E-state index is 12.4. The molecular weight excluding hydrogens is 248 g/mol. The molecule has 1 atom stereocenters. The van der Waals surface area contributed by atoms with E-state index >= 15 is 0 Å². The number of hydrogen-bond donors (Lipinski definition) is 1. The summed E-state index contributed by atoms with van der Waals surface area (Å²) in [5, 5.41) is 3.67. The fraction of sp³-hybridized carbons (Fsp3) is 0.588. The lowest BCUT2D eigenvalue weighted by molar-refractivity contribution is 0.0691. The van der Waals surface area contributed by atoms with E-state index in [-0.39, 0.29) is 5.91 Å². The molecular formula is C17H24N2O. The zero-order valence-corrected chi connectivity index (χ0v) is 12.1. The smallest absolute Gasteiger partial charge is 0.253 e. The van der Waals surface area contributed by atoms with Crippen LogP contribution in [0.4, 0.5) is 0 Å². The zero-order valence-electron chi connectivity index (χ0n) is 12.1. The maximum absolute atomic E-state index is 12.4. The summed E-state index contributed by atoms with van der Waals surface area (Å²) in [5.41, 5.74) is 0.812. The Labute approximate surface area is 121 Å². The van der Waals surface area contributed by atoms with Crippen molar-refractivity contribution in [2.75, 3.05) is 19.6 Å². The molecule has 1 aromatic carbocycles. The summed E-state index contributed by atoms with van der Waals surface area (Å²) < 4.78 is 0. The molecule has 1 aliphatic carbocycles. The van der Waals surface area contributed by atoms with Gasteiger partial charge in [-0.3, -0.25) is 4.79 Å². The number of benzene rings is 1. The summed E-state index contributed by atoms with van der Waals surface area (Å²) in [6, 6.07) is 10.1. The van der Waals surface area contributed by atoms with Crippen LogP contribution in [0.3, 0.4) is 0 Å². The monoisotopic (exact) mass is 272 g/mol. The second-order valence-corrected chi connectivity index (χ2v) is 6.16. The number of carbonyl (C=O) groups is 1. The van der Waals surface area contributed by atoms with Gasteiger partial charge in [0.25, 0.3) is 5.91 Å². The van der Waals surface area contributed by atoms with Gasteiger partial charge in [-0.05, 0) is 50.3 Å². The number of hydrogen-bond acceptors (Lipinski definition) is 2. The van der Waals surface area contributed by atoms with Crippen molar-refractivity contribution in [3.8, 4) is 0 Å². The Kier molecular flexibility index (Phi) is 4.36. The quantitative estimate of drug-likeness (QED) is 0.914. The number of rotatable bonds is 4. The van der Waals surface area contributed by atoms with Crippen LogP contribution >= 0.6 is 0 Å². The highest BCUT2D eigenvalue weighted by atomic mass is 16.2. The summed E-state index contributed by atoms with van der Waals surface area (Å²) >= 11 is 0. The van der Waals surface area contributed by atoms with E-state index in [9.17, 15) is 4.79 Å². The topological polar surface area (TPSA) is 32.3 Å². The molecule has 3 rings (SSSR count). The van der Waals surface area contributed by atoms with E-state index in [1.165, 1.54) is 25.7 Å². The molecule has 108 valence electrons. The molecule has 1 aromatic rings. The van der Waals surface area contributed by atoms with E-state index in [4.69, 9.17) is 0 Å². The second kappa shape index (κ2) is 6.40. The fourth-order valence-electron chi connectivity index (χ4n) is 3.12. The molecule has 20 heavy (non-hydrogen) atoms. The third-order valence-electron chi connectivity index (χ3n) is 4.65. The van der Waals surface area contributed by atoms with E-state index in [0.717, 1.165) is 37.5 Å².